The van der Waals surface area contributed by atoms with Crippen LogP contribution in [0, 0.1) is 5.92 Å². The van der Waals surface area contributed by atoms with Crippen molar-refractivity contribution in [2.24, 2.45) is 5.92 Å². The van der Waals surface area contributed by atoms with Crippen LogP contribution in [-0.2, 0) is 22.6 Å². The highest BCUT2D eigenvalue weighted by Gasteiger charge is 2.34. The molecule has 2 N–H and O–H groups in total. The van der Waals surface area contributed by atoms with Crippen LogP contribution < -0.4 is 15.5 Å². The molecule has 0 spiro atoms. The van der Waals surface area contributed by atoms with Crippen LogP contribution in [0.2, 0.25) is 0 Å². The predicted octanol–water partition coefficient (Wildman–Crippen LogP) is 4.07. The van der Waals surface area contributed by atoms with Crippen molar-refractivity contribution in [3.63, 3.8) is 0 Å². The zero-order valence-electron chi connectivity index (χ0n) is 18.6. The summed E-state index contributed by atoms with van der Waals surface area (Å²) in [5.74, 6) is -0.262. The van der Waals surface area contributed by atoms with E-state index in [1.807, 2.05) is 13.0 Å². The lowest BCUT2D eigenvalue weighted by Crippen LogP contribution is -2.28. The molecular formula is C24H21ClF2N4O4. The second-order valence-electron chi connectivity index (χ2n) is 8.45. The molecule has 35 heavy (non-hydrogen) atoms. The molecule has 182 valence electrons. The van der Waals surface area contributed by atoms with E-state index in [0.717, 1.165) is 17.2 Å². The first-order valence-electron chi connectivity index (χ1n) is 10.9. The van der Waals surface area contributed by atoms with Crippen molar-refractivity contribution in [3.05, 3.63) is 81.8 Å². The molecule has 1 aromatic carbocycles. The minimum Gasteiger partial charge on any atom is -0.420 e. The van der Waals surface area contributed by atoms with Gasteiger partial charge in [-0.3, -0.25) is 9.59 Å². The van der Waals surface area contributed by atoms with Gasteiger partial charge < -0.3 is 24.3 Å². The second-order valence-corrected chi connectivity index (χ2v) is 8.89. The number of nitrogens with zero attached hydrogens (tertiary/aromatic N) is 2. The Morgan fingerprint density at radius 3 is 2.80 bits per heavy atom. The van der Waals surface area contributed by atoms with Crippen molar-refractivity contribution >= 4 is 28.8 Å². The maximum absolute atomic E-state index is 13.2. The molecule has 3 heterocycles. The number of pyridine rings is 1. The second kappa shape index (κ2) is 8.94. The zero-order chi connectivity index (χ0) is 24.7. The minimum atomic E-state index is -3.82. The number of carbonyl (C=O) groups is 1. The molecule has 1 amide bonds. The molecule has 0 saturated heterocycles. The molecule has 1 unspecified atom stereocenters. The smallest absolute Gasteiger partial charge is 0.420 e. The molecule has 0 saturated carbocycles. The van der Waals surface area contributed by atoms with E-state index in [-0.39, 0.29) is 23.1 Å². The summed E-state index contributed by atoms with van der Waals surface area (Å²) in [5, 5.41) is 2.80. The van der Waals surface area contributed by atoms with Crippen LogP contribution in [0.4, 0.5) is 14.5 Å². The summed E-state index contributed by atoms with van der Waals surface area (Å²) in [7, 11) is 0. The summed E-state index contributed by atoms with van der Waals surface area (Å²) in [4.78, 5) is 33.1. The first-order chi connectivity index (χ1) is 16.7. The van der Waals surface area contributed by atoms with E-state index in [4.69, 9.17) is 21.3 Å². The normalized spacial score (nSPS) is 19.4. The number of hydrogen-bond donors (Lipinski definition) is 2. The number of benzene rings is 1. The zero-order valence-corrected chi connectivity index (χ0v) is 19.3. The summed E-state index contributed by atoms with van der Waals surface area (Å²) < 4.78 is 37.7. The molecule has 2 atom stereocenters. The monoisotopic (exact) mass is 502 g/mol. The number of hydrogen-bond acceptors (Lipinski definition) is 5. The van der Waals surface area contributed by atoms with Gasteiger partial charge in [-0.25, -0.2) is 4.98 Å². The van der Waals surface area contributed by atoms with E-state index in [1.165, 1.54) is 36.4 Å². The van der Waals surface area contributed by atoms with E-state index < -0.39 is 11.5 Å². The van der Waals surface area contributed by atoms with Crippen LogP contribution in [0.1, 0.15) is 35.9 Å². The summed E-state index contributed by atoms with van der Waals surface area (Å²) >= 11 is 4.79. The average molecular weight is 503 g/mol. The Kier molecular flexibility index (Phi) is 5.94. The lowest BCUT2D eigenvalue weighted by atomic mass is 9.88. The van der Waals surface area contributed by atoms with Gasteiger partial charge in [0, 0.05) is 47.6 Å². The summed E-state index contributed by atoms with van der Waals surface area (Å²) in [6.07, 6.45) is 3.75. The van der Waals surface area contributed by atoms with Crippen LogP contribution in [0.3, 0.4) is 0 Å². The number of nitrogens with one attached hydrogen (secondary N) is 2. The van der Waals surface area contributed by atoms with E-state index >= 15 is 0 Å². The maximum Gasteiger partial charge on any atom is 0.487 e. The first kappa shape index (κ1) is 23.3. The Balaban J connectivity index is 1.46. The van der Waals surface area contributed by atoms with Crippen LogP contribution in [0.5, 0.6) is 5.75 Å². The molecule has 0 bridgehead atoms. The molecule has 3 aromatic rings. The fourth-order valence-corrected chi connectivity index (χ4v) is 4.53. The van der Waals surface area contributed by atoms with Crippen molar-refractivity contribution in [2.45, 2.75) is 31.6 Å². The third-order valence-electron chi connectivity index (χ3n) is 5.88. The first-order valence-corrected chi connectivity index (χ1v) is 11.3. The number of ether oxygens (including phenoxy) is 2. The van der Waals surface area contributed by atoms with Gasteiger partial charge >= 0.3 is 5.57 Å². The van der Waals surface area contributed by atoms with E-state index in [9.17, 15) is 18.4 Å². The van der Waals surface area contributed by atoms with Gasteiger partial charge in [-0.2, -0.15) is 0 Å². The number of H-pyrrole nitrogens is 1. The molecule has 2 aromatic heterocycles. The molecule has 11 heteroatoms. The van der Waals surface area contributed by atoms with Gasteiger partial charge in [0.05, 0.1) is 35.6 Å². The van der Waals surface area contributed by atoms with Gasteiger partial charge in [0.2, 0.25) is 5.91 Å². The highest BCUT2D eigenvalue weighted by Crippen LogP contribution is 2.37. The Morgan fingerprint density at radius 1 is 1.31 bits per heavy atom. The van der Waals surface area contributed by atoms with Gasteiger partial charge in [-0.15, -0.1) is 8.78 Å². The fourth-order valence-electron chi connectivity index (χ4n) is 4.44. The number of aromatic amines is 1. The third-order valence-corrected chi connectivity index (χ3v) is 5.96. The summed E-state index contributed by atoms with van der Waals surface area (Å²) in [5.41, 5.74) is -0.673. The summed E-state index contributed by atoms with van der Waals surface area (Å²) in [6, 6.07) is 8.41. The number of halogens is 3. The molecular weight excluding hydrogens is 482 g/mol. The Morgan fingerprint density at radius 2 is 2.09 bits per heavy atom. The number of alkyl halides is 3. The van der Waals surface area contributed by atoms with Crippen LogP contribution >= 0.6 is 11.6 Å². The minimum absolute atomic E-state index is 0.0420. The van der Waals surface area contributed by atoms with Crippen LogP contribution in [0.15, 0.2) is 53.5 Å². The number of imidazole rings is 1. The Labute approximate surface area is 203 Å². The van der Waals surface area contributed by atoms with Gasteiger partial charge in [0.1, 0.15) is 18.2 Å². The van der Waals surface area contributed by atoms with E-state index in [0.29, 0.717) is 36.6 Å². The van der Waals surface area contributed by atoms with Gasteiger partial charge in [0.15, 0.2) is 5.43 Å². The number of aromatic nitrogens is 3. The SMILES string of the molecule is C[C@@H]1COCc2nc3c(n21)C(c1cc(=O)cc[nH]1)=CC(C(=O)Nc1ccc(OC(F)(F)Cl)cc1)C3. The van der Waals surface area contributed by atoms with E-state index in [1.54, 1.807) is 6.20 Å². The molecule has 8 nitrogen and oxygen atoms in total. The van der Waals surface area contributed by atoms with Crippen molar-refractivity contribution in [3.8, 4) is 5.75 Å². The molecule has 1 aliphatic carbocycles. The number of amides is 1. The molecule has 0 fully saturated rings. The largest absolute Gasteiger partial charge is 0.487 e. The molecule has 0 radical (unpaired) electrons. The lowest BCUT2D eigenvalue weighted by molar-refractivity contribution is -0.118. The number of rotatable bonds is 5. The van der Waals surface area contributed by atoms with Crippen molar-refractivity contribution < 1.29 is 23.0 Å². The number of anilines is 1. The topological polar surface area (TPSA) is 98.2 Å². The van der Waals surface area contributed by atoms with Crippen molar-refractivity contribution in [2.75, 3.05) is 11.9 Å². The van der Waals surface area contributed by atoms with Crippen molar-refractivity contribution in [1.82, 2.24) is 14.5 Å². The highest BCUT2D eigenvalue weighted by atomic mass is 35.5. The Hall–Kier alpha value is -3.50. The maximum atomic E-state index is 13.2. The third kappa shape index (κ3) is 4.85. The quantitative estimate of drug-likeness (QED) is 0.512. The van der Waals surface area contributed by atoms with Crippen LogP contribution in [0.25, 0.3) is 5.57 Å². The van der Waals surface area contributed by atoms with Gasteiger partial charge in [-0.05, 0) is 31.2 Å². The van der Waals surface area contributed by atoms with Crippen molar-refractivity contribution in [1.29, 1.82) is 0 Å². The standard InChI is InChI=1S/C24H21ClF2N4O4/c1-13-11-34-12-21-30-20-9-14(8-18(22(20)31(13)21)19-10-16(32)6-7-28-19)23(33)29-15-2-4-17(5-3-15)35-24(25,26)27/h2-8,10,13-14H,9,11-12H2,1H3,(H,28,32)(H,29,33)/t13-,14?/m1/s1. The predicted molar refractivity (Wildman–Crippen MR) is 124 cm³/mol. The van der Waals surface area contributed by atoms with Gasteiger partial charge in [-0.1, -0.05) is 6.08 Å². The molecule has 1 aliphatic heterocycles. The highest BCUT2D eigenvalue weighted by molar-refractivity contribution is 6.20. The molecule has 2 aliphatic rings. The van der Waals surface area contributed by atoms with Crippen LogP contribution in [-0.4, -0.2) is 32.6 Å². The van der Waals surface area contributed by atoms with E-state index in [2.05, 4.69) is 19.6 Å². The fraction of sp³-hybridized carbons (Fsp3) is 0.292. The van der Waals surface area contributed by atoms with Gasteiger partial charge in [0.25, 0.3) is 0 Å². The average Bonchev–Trinajstić information content (AvgIpc) is 3.18. The summed E-state index contributed by atoms with van der Waals surface area (Å²) in [6.45, 7) is 2.93. The Bertz CT molecular complexity index is 1360. The number of fused-ring (bicyclic) bond motifs is 3. The lowest BCUT2D eigenvalue weighted by Gasteiger charge is -2.27. The molecule has 5 rings (SSSR count). The number of carbonyl (C=O) groups excluding carboxylic acids is 1.